The van der Waals surface area contributed by atoms with Crippen molar-refractivity contribution in [3.05, 3.63) is 94.0 Å². The molecule has 50 heavy (non-hydrogen) atoms. The smallest absolute Gasteiger partial charge is 0.422 e. The number of aryl methyl sites for hydroxylation is 1. The average molecular weight is 726 g/mol. The molecule has 5 aromatic rings. The molecule has 2 N–H and O–H groups in total. The van der Waals surface area contributed by atoms with Crippen LogP contribution in [0.5, 0.6) is 17.2 Å². The monoisotopic (exact) mass is 725 g/mol. The van der Waals surface area contributed by atoms with E-state index in [4.69, 9.17) is 14.2 Å². The van der Waals surface area contributed by atoms with E-state index in [0.717, 1.165) is 10.8 Å². The second-order valence-corrected chi connectivity index (χ2v) is 13.0. The van der Waals surface area contributed by atoms with Gasteiger partial charge in [-0.3, -0.25) is 18.9 Å². The van der Waals surface area contributed by atoms with E-state index in [9.17, 15) is 44.3 Å². The summed E-state index contributed by atoms with van der Waals surface area (Å²) in [4.78, 5) is 29.4. The molecule has 0 radical (unpaired) electrons. The normalized spacial score (nSPS) is 13.0. The summed E-state index contributed by atoms with van der Waals surface area (Å²) >= 11 is 0. The fourth-order valence-electron chi connectivity index (χ4n) is 5.49. The van der Waals surface area contributed by atoms with E-state index >= 15 is 0 Å². The fraction of sp³-hybridized carbons (Fsp3) is 0.273. The van der Waals surface area contributed by atoms with Gasteiger partial charge in [-0.05, 0) is 49.2 Å². The van der Waals surface area contributed by atoms with E-state index < -0.39 is 75.6 Å². The Morgan fingerprint density at radius 2 is 1.60 bits per heavy atom. The van der Waals surface area contributed by atoms with Crippen molar-refractivity contribution in [1.82, 2.24) is 14.3 Å². The van der Waals surface area contributed by atoms with Crippen molar-refractivity contribution in [3.8, 4) is 22.9 Å². The number of methoxy groups -OCH3 is 1. The van der Waals surface area contributed by atoms with Gasteiger partial charge >= 0.3 is 12.4 Å². The highest BCUT2D eigenvalue weighted by molar-refractivity contribution is 7.89. The molecular formula is C33H29F6N3O7S. The van der Waals surface area contributed by atoms with Gasteiger partial charge in [0.05, 0.1) is 40.8 Å². The van der Waals surface area contributed by atoms with Crippen molar-refractivity contribution in [1.29, 1.82) is 0 Å². The number of alkyl halides is 6. The second-order valence-electron chi connectivity index (χ2n) is 11.3. The Kier molecular flexibility index (Phi) is 9.83. The van der Waals surface area contributed by atoms with E-state index in [1.807, 2.05) is 0 Å². The Morgan fingerprint density at radius 1 is 0.940 bits per heavy atom. The van der Waals surface area contributed by atoms with Gasteiger partial charge in [0.15, 0.2) is 19.0 Å². The van der Waals surface area contributed by atoms with Crippen LogP contribution in [0.15, 0.2) is 71.8 Å². The Balaban J connectivity index is 1.52. The van der Waals surface area contributed by atoms with Crippen molar-refractivity contribution in [2.24, 2.45) is 0 Å². The molecule has 0 fully saturated rings. The van der Waals surface area contributed by atoms with Gasteiger partial charge in [-0.1, -0.05) is 30.3 Å². The van der Waals surface area contributed by atoms with Crippen LogP contribution in [0, 0.1) is 6.92 Å². The van der Waals surface area contributed by atoms with Gasteiger partial charge in [0.25, 0.3) is 5.56 Å². The summed E-state index contributed by atoms with van der Waals surface area (Å²) in [7, 11) is -2.81. The van der Waals surface area contributed by atoms with E-state index in [1.54, 1.807) is 24.3 Å². The van der Waals surface area contributed by atoms with Crippen molar-refractivity contribution in [2.75, 3.05) is 20.3 Å². The van der Waals surface area contributed by atoms with Crippen LogP contribution in [-0.4, -0.2) is 56.6 Å². The summed E-state index contributed by atoms with van der Waals surface area (Å²) in [5.41, 5.74) is 0.0662. The van der Waals surface area contributed by atoms with Crippen LogP contribution in [0.25, 0.3) is 27.4 Å². The summed E-state index contributed by atoms with van der Waals surface area (Å²) in [6.07, 6.45) is -7.18. The summed E-state index contributed by atoms with van der Waals surface area (Å²) in [6.45, 7) is -0.526. The lowest BCUT2D eigenvalue weighted by Crippen LogP contribution is -2.34. The minimum Gasteiger partial charge on any atom is -0.496 e. The predicted molar refractivity (Wildman–Crippen MR) is 171 cm³/mol. The summed E-state index contributed by atoms with van der Waals surface area (Å²) < 4.78 is 124. The molecule has 2 aromatic heterocycles. The number of hydrogen-bond donors (Lipinski definition) is 2. The molecule has 10 nitrogen and oxygen atoms in total. The molecule has 1 unspecified atom stereocenters. The number of pyridine rings is 1. The molecule has 17 heteroatoms. The fourth-order valence-corrected chi connectivity index (χ4v) is 6.66. The zero-order valence-corrected chi connectivity index (χ0v) is 27.3. The van der Waals surface area contributed by atoms with Gasteiger partial charge in [0.1, 0.15) is 11.5 Å². The molecule has 0 saturated carbocycles. The number of sulfonamides is 1. The molecule has 0 spiro atoms. The van der Waals surface area contributed by atoms with Crippen LogP contribution in [-0.2, 0) is 20.6 Å². The molecule has 1 amide bonds. The number of nitrogens with one attached hydrogen (secondary N) is 2. The highest BCUT2D eigenvalue weighted by Crippen LogP contribution is 2.42. The van der Waals surface area contributed by atoms with E-state index in [2.05, 4.69) is 9.71 Å². The molecule has 2 heterocycles. The zero-order chi connectivity index (χ0) is 36.6. The highest BCUT2D eigenvalue weighted by atomic mass is 32.2. The van der Waals surface area contributed by atoms with Crippen LogP contribution in [0.3, 0.4) is 0 Å². The van der Waals surface area contributed by atoms with E-state index in [1.165, 1.54) is 57.5 Å². The summed E-state index contributed by atoms with van der Waals surface area (Å²) in [6, 6.07) is 13.4. The number of amides is 1. The number of rotatable bonds is 11. The highest BCUT2D eigenvalue weighted by Gasteiger charge is 2.33. The quantitative estimate of drug-likeness (QED) is 0.151. The van der Waals surface area contributed by atoms with Crippen molar-refractivity contribution in [3.63, 3.8) is 0 Å². The SMILES string of the molecule is COc1ccccc1C(C)C(=O)NS(=O)(=O)Cc1ccc(-n2cc3c(OCC(F)(F)F)c4[nH]cccc4c(OCC(F)(F)F)c3c2=O)c(C)c1. The maximum atomic E-state index is 13.8. The van der Waals surface area contributed by atoms with Gasteiger partial charge < -0.3 is 19.2 Å². The largest absolute Gasteiger partial charge is 0.496 e. The molecular weight excluding hydrogens is 696 g/mol. The molecule has 0 saturated heterocycles. The molecule has 0 bridgehead atoms. The van der Waals surface area contributed by atoms with Crippen LogP contribution in [0.4, 0.5) is 26.3 Å². The number of halogens is 6. The van der Waals surface area contributed by atoms with E-state index in [-0.39, 0.29) is 27.5 Å². The lowest BCUT2D eigenvalue weighted by atomic mass is 10.00. The third-order valence-corrected chi connectivity index (χ3v) is 8.88. The lowest BCUT2D eigenvalue weighted by molar-refractivity contribution is -0.154. The number of H-pyrrole nitrogens is 1. The molecule has 266 valence electrons. The second kappa shape index (κ2) is 13.6. The number of carbonyl (C=O) groups is 1. The molecule has 0 aliphatic heterocycles. The minimum atomic E-state index is -4.81. The van der Waals surface area contributed by atoms with Crippen LogP contribution in [0.2, 0.25) is 0 Å². The Morgan fingerprint density at radius 3 is 2.24 bits per heavy atom. The minimum absolute atomic E-state index is 0.129. The number of benzene rings is 3. The van der Waals surface area contributed by atoms with Gasteiger partial charge in [0.2, 0.25) is 15.9 Å². The topological polar surface area (TPSA) is 129 Å². The first-order chi connectivity index (χ1) is 23.4. The maximum Gasteiger partial charge on any atom is 0.422 e. The van der Waals surface area contributed by atoms with Crippen molar-refractivity contribution >= 4 is 37.6 Å². The Hall–Kier alpha value is -5.19. The van der Waals surface area contributed by atoms with Crippen molar-refractivity contribution in [2.45, 2.75) is 37.9 Å². The molecule has 5 rings (SSSR count). The number of aromatic nitrogens is 2. The standard InChI is InChI=1S/C33H29F6N3O7S/c1-18-13-20(15-50(45,46)41-30(43)19(2)21-7-4-5-9-25(21)47-3)10-11-24(18)42-14-23-26(31(42)44)28(48-16-32(34,35)36)22-8-6-12-40-27(22)29(23)49-17-33(37,38)39/h4-14,19,40H,15-17H2,1-3H3,(H,41,43). The van der Waals surface area contributed by atoms with Crippen molar-refractivity contribution < 1.29 is 53.8 Å². The number of para-hydroxylation sites is 1. The number of carbonyl (C=O) groups excluding carboxylic acids is 1. The van der Waals surface area contributed by atoms with Gasteiger partial charge in [-0.15, -0.1) is 0 Å². The average Bonchev–Trinajstić information content (AvgIpc) is 3.37. The third-order valence-electron chi connectivity index (χ3n) is 7.65. The first-order valence-electron chi connectivity index (χ1n) is 14.7. The summed E-state index contributed by atoms with van der Waals surface area (Å²) in [5, 5.41) is -0.851. The predicted octanol–water partition coefficient (Wildman–Crippen LogP) is 6.42. The number of fused-ring (bicyclic) bond motifs is 2. The Bertz CT molecular complexity index is 2250. The number of hydrogen-bond acceptors (Lipinski definition) is 7. The maximum absolute atomic E-state index is 13.8. The number of nitrogens with zero attached hydrogens (tertiary/aromatic N) is 1. The van der Waals surface area contributed by atoms with Crippen LogP contribution >= 0.6 is 0 Å². The van der Waals surface area contributed by atoms with E-state index in [0.29, 0.717) is 16.9 Å². The third kappa shape index (κ3) is 7.82. The van der Waals surface area contributed by atoms with Crippen LogP contribution < -0.4 is 24.5 Å². The number of ether oxygens (including phenoxy) is 3. The number of aromatic amines is 1. The van der Waals surface area contributed by atoms with Crippen LogP contribution in [0.1, 0.15) is 29.5 Å². The first-order valence-corrected chi connectivity index (χ1v) is 16.4. The Labute approximate surface area is 280 Å². The van der Waals surface area contributed by atoms with Gasteiger partial charge in [0, 0.05) is 23.3 Å². The zero-order valence-electron chi connectivity index (χ0n) is 26.5. The molecule has 1 atom stereocenters. The molecule has 0 aliphatic carbocycles. The van der Waals surface area contributed by atoms with Gasteiger partial charge in [-0.2, -0.15) is 26.3 Å². The molecule has 3 aromatic carbocycles. The van der Waals surface area contributed by atoms with Gasteiger partial charge in [-0.25, -0.2) is 8.42 Å². The first kappa shape index (κ1) is 36.1. The molecule has 0 aliphatic rings. The summed E-state index contributed by atoms with van der Waals surface area (Å²) in [5.74, 6) is -2.88. The lowest BCUT2D eigenvalue weighted by Gasteiger charge is -2.16.